The second-order valence-corrected chi connectivity index (χ2v) is 8.33. The van der Waals surface area contributed by atoms with Gasteiger partial charge in [0.2, 0.25) is 0 Å². The van der Waals surface area contributed by atoms with Crippen LogP contribution in [-0.2, 0) is 19.5 Å². The zero-order chi connectivity index (χ0) is 21.0. The first-order chi connectivity index (χ1) is 15.3. The van der Waals surface area contributed by atoms with Gasteiger partial charge in [0.25, 0.3) is 0 Å². The third-order valence-corrected chi connectivity index (χ3v) is 6.13. The van der Waals surface area contributed by atoms with Crippen LogP contribution in [0, 0.1) is 11.3 Å². The zero-order valence-corrected chi connectivity index (χ0v) is 17.7. The van der Waals surface area contributed by atoms with Gasteiger partial charge in [-0.2, -0.15) is 5.26 Å². The first-order valence-electron chi connectivity index (χ1n) is 11.1. The standard InChI is InChI=1S/C25H26N6/c26-16-19-7-6-8-20(15-19)17-30-14-10-22-21(18-30)25(31-12-4-1-5-13-31)29-24(28-22)23-9-2-3-11-27-23/h2-3,6-9,11,15H,1,4-5,10,12-14,17-18H2. The number of hydrogen-bond donors (Lipinski definition) is 0. The third kappa shape index (κ3) is 4.28. The summed E-state index contributed by atoms with van der Waals surface area (Å²) >= 11 is 0. The highest BCUT2D eigenvalue weighted by molar-refractivity contribution is 5.58. The monoisotopic (exact) mass is 410 g/mol. The second-order valence-electron chi connectivity index (χ2n) is 8.33. The molecule has 0 spiro atoms. The minimum atomic E-state index is 0.715. The van der Waals surface area contributed by atoms with Crippen molar-refractivity contribution in [2.24, 2.45) is 0 Å². The van der Waals surface area contributed by atoms with E-state index in [1.165, 1.54) is 30.4 Å². The van der Waals surface area contributed by atoms with Gasteiger partial charge in [-0.3, -0.25) is 9.88 Å². The van der Waals surface area contributed by atoms with Crippen molar-refractivity contribution < 1.29 is 0 Å². The topological polar surface area (TPSA) is 68.9 Å². The Labute approximate surface area is 183 Å². The molecule has 2 aromatic heterocycles. The predicted molar refractivity (Wildman–Crippen MR) is 120 cm³/mol. The molecule has 0 radical (unpaired) electrons. The molecule has 0 amide bonds. The molecule has 1 saturated heterocycles. The van der Waals surface area contributed by atoms with Gasteiger partial charge in [-0.25, -0.2) is 9.97 Å². The highest BCUT2D eigenvalue weighted by atomic mass is 15.2. The number of hydrogen-bond acceptors (Lipinski definition) is 6. The van der Waals surface area contributed by atoms with Crippen LogP contribution < -0.4 is 4.90 Å². The highest BCUT2D eigenvalue weighted by Gasteiger charge is 2.26. The number of nitrogens with zero attached hydrogens (tertiary/aromatic N) is 6. The Morgan fingerprint density at radius 3 is 2.68 bits per heavy atom. The SMILES string of the molecule is N#Cc1cccc(CN2CCc3nc(-c4ccccn4)nc(N4CCCCC4)c3C2)c1. The van der Waals surface area contributed by atoms with E-state index in [0.717, 1.165) is 62.2 Å². The van der Waals surface area contributed by atoms with Crippen LogP contribution in [0.5, 0.6) is 0 Å². The summed E-state index contributed by atoms with van der Waals surface area (Å²) in [6, 6.07) is 16.1. The molecule has 0 atom stereocenters. The molecule has 6 heteroatoms. The van der Waals surface area contributed by atoms with Gasteiger partial charge < -0.3 is 4.90 Å². The molecular formula is C25H26N6. The lowest BCUT2D eigenvalue weighted by Gasteiger charge is -2.34. The summed E-state index contributed by atoms with van der Waals surface area (Å²) in [6.07, 6.45) is 6.41. The van der Waals surface area contributed by atoms with Gasteiger partial charge in [-0.05, 0) is 49.1 Å². The number of aromatic nitrogens is 3. The van der Waals surface area contributed by atoms with Crippen molar-refractivity contribution in [1.29, 1.82) is 5.26 Å². The Bertz CT molecular complexity index is 1100. The van der Waals surface area contributed by atoms with Crippen LogP contribution in [0.2, 0.25) is 0 Å². The molecule has 0 N–H and O–H groups in total. The van der Waals surface area contributed by atoms with Crippen LogP contribution in [0.3, 0.4) is 0 Å². The van der Waals surface area contributed by atoms with Gasteiger partial charge >= 0.3 is 0 Å². The van der Waals surface area contributed by atoms with E-state index in [4.69, 9.17) is 9.97 Å². The molecule has 156 valence electrons. The Hall–Kier alpha value is -3.30. The quantitative estimate of drug-likeness (QED) is 0.649. The van der Waals surface area contributed by atoms with Crippen molar-refractivity contribution in [3.05, 3.63) is 71.0 Å². The first-order valence-corrected chi connectivity index (χ1v) is 11.1. The summed E-state index contributed by atoms with van der Waals surface area (Å²) in [5.74, 6) is 1.82. The number of pyridine rings is 1. The van der Waals surface area contributed by atoms with E-state index in [9.17, 15) is 5.26 Å². The van der Waals surface area contributed by atoms with Gasteiger partial charge in [-0.1, -0.05) is 18.2 Å². The van der Waals surface area contributed by atoms with Gasteiger partial charge in [0.15, 0.2) is 5.82 Å². The molecule has 4 heterocycles. The number of fused-ring (bicyclic) bond motifs is 1. The minimum Gasteiger partial charge on any atom is -0.356 e. The van der Waals surface area contributed by atoms with E-state index in [0.29, 0.717) is 5.56 Å². The van der Waals surface area contributed by atoms with Crippen LogP contribution in [0.15, 0.2) is 48.7 Å². The van der Waals surface area contributed by atoms with Gasteiger partial charge in [0, 0.05) is 50.9 Å². The summed E-state index contributed by atoms with van der Waals surface area (Å²) in [5.41, 5.74) is 5.13. The Balaban J connectivity index is 1.47. The number of nitriles is 1. The van der Waals surface area contributed by atoms with Crippen molar-refractivity contribution in [2.45, 2.75) is 38.8 Å². The molecule has 0 saturated carbocycles. The second kappa shape index (κ2) is 8.83. The Morgan fingerprint density at radius 1 is 0.968 bits per heavy atom. The third-order valence-electron chi connectivity index (χ3n) is 6.13. The fourth-order valence-electron chi connectivity index (χ4n) is 4.56. The van der Waals surface area contributed by atoms with Crippen molar-refractivity contribution in [1.82, 2.24) is 19.9 Å². The maximum absolute atomic E-state index is 9.21. The van der Waals surface area contributed by atoms with Crippen LogP contribution in [-0.4, -0.2) is 39.5 Å². The maximum Gasteiger partial charge on any atom is 0.180 e. The van der Waals surface area contributed by atoms with E-state index < -0.39 is 0 Å². The van der Waals surface area contributed by atoms with Crippen LogP contribution in [0.25, 0.3) is 11.5 Å². The fourth-order valence-corrected chi connectivity index (χ4v) is 4.56. The Morgan fingerprint density at radius 2 is 1.87 bits per heavy atom. The molecule has 3 aromatic rings. The molecule has 0 aliphatic carbocycles. The Kier molecular flexibility index (Phi) is 5.59. The van der Waals surface area contributed by atoms with Crippen molar-refractivity contribution in [2.75, 3.05) is 24.5 Å². The average Bonchev–Trinajstić information content (AvgIpc) is 2.84. The molecule has 1 aromatic carbocycles. The molecule has 31 heavy (non-hydrogen) atoms. The van der Waals surface area contributed by atoms with Crippen LogP contribution in [0.1, 0.15) is 41.6 Å². The number of anilines is 1. The van der Waals surface area contributed by atoms with E-state index in [2.05, 4.69) is 26.9 Å². The molecule has 0 unspecified atom stereocenters. The minimum absolute atomic E-state index is 0.715. The van der Waals surface area contributed by atoms with Gasteiger partial charge in [0.1, 0.15) is 11.5 Å². The molecule has 2 aliphatic heterocycles. The predicted octanol–water partition coefficient (Wildman–Crippen LogP) is 3.96. The van der Waals surface area contributed by atoms with E-state index in [1.807, 2.05) is 36.4 Å². The lowest BCUT2D eigenvalue weighted by molar-refractivity contribution is 0.243. The van der Waals surface area contributed by atoms with Crippen molar-refractivity contribution >= 4 is 5.82 Å². The van der Waals surface area contributed by atoms with Gasteiger partial charge in [-0.15, -0.1) is 0 Å². The average molecular weight is 411 g/mol. The molecule has 1 fully saturated rings. The zero-order valence-electron chi connectivity index (χ0n) is 17.7. The summed E-state index contributed by atoms with van der Waals surface area (Å²) in [5, 5.41) is 9.21. The first kappa shape index (κ1) is 19.7. The van der Waals surface area contributed by atoms with Crippen molar-refractivity contribution in [3.8, 4) is 17.6 Å². The molecule has 5 rings (SSSR count). The van der Waals surface area contributed by atoms with E-state index in [-0.39, 0.29) is 0 Å². The molecule has 6 nitrogen and oxygen atoms in total. The van der Waals surface area contributed by atoms with Crippen LogP contribution in [0.4, 0.5) is 5.82 Å². The molecule has 2 aliphatic rings. The number of rotatable bonds is 4. The lowest BCUT2D eigenvalue weighted by atomic mass is 10.0. The summed E-state index contributed by atoms with van der Waals surface area (Å²) in [4.78, 5) is 19.3. The van der Waals surface area contributed by atoms with E-state index >= 15 is 0 Å². The molecular weight excluding hydrogens is 384 g/mol. The highest BCUT2D eigenvalue weighted by Crippen LogP contribution is 2.31. The number of benzene rings is 1. The molecule has 0 bridgehead atoms. The van der Waals surface area contributed by atoms with Crippen molar-refractivity contribution in [3.63, 3.8) is 0 Å². The maximum atomic E-state index is 9.21. The normalized spacial score (nSPS) is 16.5. The number of piperidine rings is 1. The summed E-state index contributed by atoms with van der Waals surface area (Å²) in [6.45, 7) is 4.71. The summed E-state index contributed by atoms with van der Waals surface area (Å²) < 4.78 is 0. The lowest BCUT2D eigenvalue weighted by Crippen LogP contribution is -2.36. The van der Waals surface area contributed by atoms with Gasteiger partial charge in [0.05, 0.1) is 17.3 Å². The largest absolute Gasteiger partial charge is 0.356 e. The van der Waals surface area contributed by atoms with Crippen LogP contribution >= 0.6 is 0 Å². The smallest absolute Gasteiger partial charge is 0.180 e. The fraction of sp³-hybridized carbons (Fsp3) is 0.360. The van der Waals surface area contributed by atoms with E-state index in [1.54, 1.807) is 6.20 Å². The summed E-state index contributed by atoms with van der Waals surface area (Å²) in [7, 11) is 0.